The highest BCUT2D eigenvalue weighted by Crippen LogP contribution is 2.29. The minimum absolute atomic E-state index is 0.0970. The summed E-state index contributed by atoms with van der Waals surface area (Å²) in [5.41, 5.74) is 1.21. The number of benzene rings is 1. The number of hydrogen-bond acceptors (Lipinski definition) is 4. The van der Waals surface area contributed by atoms with Crippen LogP contribution in [-0.2, 0) is 4.79 Å². The summed E-state index contributed by atoms with van der Waals surface area (Å²) in [6.07, 6.45) is 3.18. The zero-order valence-electron chi connectivity index (χ0n) is 13.9. The molecule has 1 aliphatic heterocycles. The number of carbonyl (C=O) groups excluding carboxylic acids is 2. The summed E-state index contributed by atoms with van der Waals surface area (Å²) < 4.78 is 0. The zero-order valence-corrected chi connectivity index (χ0v) is 15.4. The van der Waals surface area contributed by atoms with Crippen LogP contribution in [0.15, 0.2) is 35.8 Å². The number of para-hydroxylation sites is 1. The number of piperidine rings is 1. The first-order valence-corrected chi connectivity index (χ1v) is 9.65. The molecule has 3 heterocycles. The van der Waals surface area contributed by atoms with Gasteiger partial charge in [-0.2, -0.15) is 0 Å². The molecule has 2 aromatic heterocycles. The molecule has 0 aliphatic carbocycles. The summed E-state index contributed by atoms with van der Waals surface area (Å²) in [6, 6.07) is 7.55. The van der Waals surface area contributed by atoms with E-state index in [9.17, 15) is 9.59 Å². The lowest BCUT2D eigenvalue weighted by Crippen LogP contribution is -2.44. The molecule has 6 nitrogen and oxygen atoms in total. The second kappa shape index (κ2) is 7.09. The van der Waals surface area contributed by atoms with E-state index in [2.05, 4.69) is 15.3 Å². The zero-order chi connectivity index (χ0) is 18.1. The molecule has 0 saturated carbocycles. The summed E-state index contributed by atoms with van der Waals surface area (Å²) in [7, 11) is 0. The number of rotatable bonds is 3. The SMILES string of the molecule is O=C(Nc1nccs1)C1CCCN(C(=O)c2[nH]c3ccccc3c2Cl)C1. The molecule has 1 fully saturated rings. The van der Waals surface area contributed by atoms with E-state index in [1.54, 1.807) is 11.1 Å². The van der Waals surface area contributed by atoms with Gasteiger partial charge in [0, 0.05) is 35.6 Å². The van der Waals surface area contributed by atoms with Crippen LogP contribution in [0.25, 0.3) is 10.9 Å². The normalized spacial score (nSPS) is 17.4. The average Bonchev–Trinajstić information content (AvgIpc) is 3.29. The van der Waals surface area contributed by atoms with E-state index in [-0.39, 0.29) is 17.7 Å². The third kappa shape index (κ3) is 3.20. The van der Waals surface area contributed by atoms with Crippen LogP contribution in [0.2, 0.25) is 5.02 Å². The maximum absolute atomic E-state index is 12.9. The highest BCUT2D eigenvalue weighted by atomic mass is 35.5. The Kier molecular flexibility index (Phi) is 4.65. The van der Waals surface area contributed by atoms with Gasteiger partial charge in [-0.05, 0) is 18.9 Å². The van der Waals surface area contributed by atoms with Crippen molar-refractivity contribution in [3.63, 3.8) is 0 Å². The fraction of sp³-hybridized carbons (Fsp3) is 0.278. The molecule has 1 unspecified atom stereocenters. The molecule has 8 heteroatoms. The maximum Gasteiger partial charge on any atom is 0.271 e. The lowest BCUT2D eigenvalue weighted by atomic mass is 9.97. The van der Waals surface area contributed by atoms with Crippen molar-refractivity contribution >= 4 is 50.8 Å². The number of anilines is 1. The Morgan fingerprint density at radius 1 is 1.35 bits per heavy atom. The van der Waals surface area contributed by atoms with Crippen LogP contribution in [0, 0.1) is 5.92 Å². The fourth-order valence-corrected chi connectivity index (χ4v) is 4.11. The number of nitrogens with one attached hydrogen (secondary N) is 2. The van der Waals surface area contributed by atoms with Gasteiger partial charge in [-0.3, -0.25) is 9.59 Å². The van der Waals surface area contributed by atoms with Gasteiger partial charge in [-0.1, -0.05) is 29.8 Å². The van der Waals surface area contributed by atoms with Crippen molar-refractivity contribution in [3.05, 3.63) is 46.6 Å². The largest absolute Gasteiger partial charge is 0.349 e. The standard InChI is InChI=1S/C18H17ClN4O2S/c19-14-12-5-1-2-6-13(12)21-15(14)17(25)23-8-3-4-11(10-23)16(24)22-18-20-7-9-26-18/h1-2,5-7,9,11,21H,3-4,8,10H2,(H,20,22,24). The number of fused-ring (bicyclic) bond motifs is 1. The molecule has 134 valence electrons. The van der Waals surface area contributed by atoms with Crippen molar-refractivity contribution in [2.24, 2.45) is 5.92 Å². The molecular formula is C18H17ClN4O2S. The number of amides is 2. The summed E-state index contributed by atoms with van der Waals surface area (Å²) in [6.45, 7) is 0.993. The highest BCUT2D eigenvalue weighted by molar-refractivity contribution is 7.13. The van der Waals surface area contributed by atoms with Gasteiger partial charge in [0.25, 0.3) is 5.91 Å². The van der Waals surface area contributed by atoms with Gasteiger partial charge in [-0.15, -0.1) is 11.3 Å². The number of aromatic nitrogens is 2. The smallest absolute Gasteiger partial charge is 0.271 e. The van der Waals surface area contributed by atoms with Gasteiger partial charge >= 0.3 is 0 Å². The quantitative estimate of drug-likeness (QED) is 0.716. The van der Waals surface area contributed by atoms with Crippen LogP contribution in [0.1, 0.15) is 23.3 Å². The van der Waals surface area contributed by atoms with E-state index in [0.717, 1.165) is 23.7 Å². The number of halogens is 1. The van der Waals surface area contributed by atoms with Crippen LogP contribution >= 0.6 is 22.9 Å². The van der Waals surface area contributed by atoms with Gasteiger partial charge in [0.1, 0.15) is 5.69 Å². The summed E-state index contributed by atoms with van der Waals surface area (Å²) >= 11 is 7.78. The van der Waals surface area contributed by atoms with Crippen molar-refractivity contribution in [3.8, 4) is 0 Å². The topological polar surface area (TPSA) is 78.1 Å². The van der Waals surface area contributed by atoms with Crippen LogP contribution < -0.4 is 5.32 Å². The molecule has 1 atom stereocenters. The van der Waals surface area contributed by atoms with E-state index in [1.807, 2.05) is 29.6 Å². The number of nitrogens with zero attached hydrogens (tertiary/aromatic N) is 2. The van der Waals surface area contributed by atoms with Crippen molar-refractivity contribution in [1.29, 1.82) is 0 Å². The molecule has 4 rings (SSSR count). The summed E-state index contributed by atoms with van der Waals surface area (Å²) in [5.74, 6) is -0.516. The molecule has 1 aromatic carbocycles. The van der Waals surface area contributed by atoms with E-state index < -0.39 is 0 Å². The first kappa shape index (κ1) is 17.1. The number of hydrogen-bond donors (Lipinski definition) is 2. The van der Waals surface area contributed by atoms with Crippen molar-refractivity contribution in [2.75, 3.05) is 18.4 Å². The van der Waals surface area contributed by atoms with E-state index in [1.165, 1.54) is 11.3 Å². The molecule has 26 heavy (non-hydrogen) atoms. The van der Waals surface area contributed by atoms with E-state index in [0.29, 0.717) is 28.9 Å². The predicted molar refractivity (Wildman–Crippen MR) is 103 cm³/mol. The Morgan fingerprint density at radius 2 is 2.19 bits per heavy atom. The summed E-state index contributed by atoms with van der Waals surface area (Å²) in [4.78, 5) is 34.3. The molecular weight excluding hydrogens is 372 g/mol. The molecule has 0 spiro atoms. The second-order valence-corrected chi connectivity index (χ2v) is 7.55. The average molecular weight is 389 g/mol. The van der Waals surface area contributed by atoms with E-state index >= 15 is 0 Å². The number of aromatic amines is 1. The number of H-pyrrole nitrogens is 1. The van der Waals surface area contributed by atoms with Crippen LogP contribution in [-0.4, -0.2) is 39.8 Å². The van der Waals surface area contributed by atoms with Crippen molar-refractivity contribution in [1.82, 2.24) is 14.9 Å². The number of carbonyl (C=O) groups is 2. The van der Waals surface area contributed by atoms with Crippen LogP contribution in [0.5, 0.6) is 0 Å². The monoisotopic (exact) mass is 388 g/mol. The fourth-order valence-electron chi connectivity index (χ4n) is 3.28. The van der Waals surface area contributed by atoms with Crippen molar-refractivity contribution in [2.45, 2.75) is 12.8 Å². The third-order valence-corrected chi connectivity index (χ3v) is 5.68. The minimum Gasteiger partial charge on any atom is -0.349 e. The van der Waals surface area contributed by atoms with Gasteiger partial charge in [0.05, 0.1) is 10.9 Å². The maximum atomic E-state index is 12.9. The molecule has 0 bridgehead atoms. The van der Waals surface area contributed by atoms with Gasteiger partial charge in [-0.25, -0.2) is 4.98 Å². The molecule has 0 radical (unpaired) electrons. The van der Waals surface area contributed by atoms with Gasteiger partial charge in [0.15, 0.2) is 5.13 Å². The Labute approximate surface area is 159 Å². The molecule has 2 amide bonds. The first-order chi connectivity index (χ1) is 12.6. The Morgan fingerprint density at radius 3 is 2.96 bits per heavy atom. The first-order valence-electron chi connectivity index (χ1n) is 8.39. The minimum atomic E-state index is -0.250. The molecule has 1 saturated heterocycles. The third-order valence-electron chi connectivity index (χ3n) is 4.60. The molecule has 2 N–H and O–H groups in total. The van der Waals surface area contributed by atoms with E-state index in [4.69, 9.17) is 11.6 Å². The Balaban J connectivity index is 1.50. The van der Waals surface area contributed by atoms with Crippen molar-refractivity contribution < 1.29 is 9.59 Å². The molecule has 3 aromatic rings. The molecule has 1 aliphatic rings. The Hall–Kier alpha value is -2.38. The number of likely N-dealkylation sites (tertiary alicyclic amines) is 1. The lowest BCUT2D eigenvalue weighted by Gasteiger charge is -2.31. The van der Waals surface area contributed by atoms with Gasteiger partial charge < -0.3 is 15.2 Å². The highest BCUT2D eigenvalue weighted by Gasteiger charge is 2.31. The predicted octanol–water partition coefficient (Wildman–Crippen LogP) is 3.77. The van der Waals surface area contributed by atoms with Gasteiger partial charge in [0.2, 0.25) is 5.91 Å². The second-order valence-electron chi connectivity index (χ2n) is 6.28. The number of thiazole rings is 1. The van der Waals surface area contributed by atoms with Crippen LogP contribution in [0.4, 0.5) is 5.13 Å². The summed E-state index contributed by atoms with van der Waals surface area (Å²) in [5, 5.41) is 6.47. The lowest BCUT2D eigenvalue weighted by molar-refractivity contribution is -0.121. The van der Waals surface area contributed by atoms with Crippen LogP contribution in [0.3, 0.4) is 0 Å². The Bertz CT molecular complexity index is 953.